The van der Waals surface area contributed by atoms with Gasteiger partial charge in [-0.1, -0.05) is 0 Å². The highest BCUT2D eigenvalue weighted by molar-refractivity contribution is 5.47. The molecule has 0 N–H and O–H groups in total. The molecule has 2 heterocycles. The zero-order valence-corrected chi connectivity index (χ0v) is 6.10. The van der Waals surface area contributed by atoms with Crippen molar-refractivity contribution in [1.82, 2.24) is 14.5 Å². The van der Waals surface area contributed by atoms with E-state index in [-0.39, 0.29) is 0 Å². The maximum absolute atomic E-state index is 10.4. The zero-order valence-electron chi connectivity index (χ0n) is 6.10. The third kappa shape index (κ3) is 1.00. The average molecular weight is 151 g/mol. The second-order valence-corrected chi connectivity index (χ2v) is 2.65. The summed E-state index contributed by atoms with van der Waals surface area (Å²) in [5.41, 5.74) is 1.11. The Balaban J connectivity index is 2.24. The van der Waals surface area contributed by atoms with Crippen molar-refractivity contribution in [2.75, 3.05) is 6.54 Å². The predicted octanol–water partition coefficient (Wildman–Crippen LogP) is -0.145. The predicted molar refractivity (Wildman–Crippen MR) is 38.7 cm³/mol. The summed E-state index contributed by atoms with van der Waals surface area (Å²) < 4.78 is 2.07. The third-order valence-corrected chi connectivity index (χ3v) is 1.94. The summed E-state index contributed by atoms with van der Waals surface area (Å²) in [4.78, 5) is 16.1. The fourth-order valence-corrected chi connectivity index (χ4v) is 1.29. The minimum Gasteiger partial charge on any atom is -0.338 e. The summed E-state index contributed by atoms with van der Waals surface area (Å²) in [6.07, 6.45) is 4.49. The number of carbonyl (C=O) groups excluding carboxylic acids is 1. The molecule has 0 saturated carbocycles. The Bertz CT molecular complexity index is 268. The van der Waals surface area contributed by atoms with Crippen LogP contribution in [0.4, 0.5) is 0 Å². The van der Waals surface area contributed by atoms with Crippen molar-refractivity contribution < 1.29 is 4.79 Å². The molecule has 58 valence electrons. The first kappa shape index (κ1) is 6.39. The van der Waals surface area contributed by atoms with Gasteiger partial charge in [0.1, 0.15) is 0 Å². The van der Waals surface area contributed by atoms with Crippen LogP contribution in [-0.4, -0.2) is 27.4 Å². The van der Waals surface area contributed by atoms with Crippen LogP contribution in [-0.2, 0) is 17.9 Å². The van der Waals surface area contributed by atoms with Crippen molar-refractivity contribution in [3.63, 3.8) is 0 Å². The molecule has 4 heteroatoms. The first-order valence-corrected chi connectivity index (χ1v) is 3.58. The van der Waals surface area contributed by atoms with Gasteiger partial charge in [0.25, 0.3) is 0 Å². The maximum Gasteiger partial charge on any atom is 0.210 e. The molecule has 4 nitrogen and oxygen atoms in total. The molecular weight excluding hydrogens is 142 g/mol. The molecule has 11 heavy (non-hydrogen) atoms. The number of hydrogen-bond acceptors (Lipinski definition) is 2. The quantitative estimate of drug-likeness (QED) is 0.524. The van der Waals surface area contributed by atoms with E-state index in [0.717, 1.165) is 25.2 Å². The van der Waals surface area contributed by atoms with E-state index in [2.05, 4.69) is 9.55 Å². The van der Waals surface area contributed by atoms with E-state index in [1.165, 1.54) is 0 Å². The Morgan fingerprint density at radius 3 is 3.27 bits per heavy atom. The number of hydrogen-bond donors (Lipinski definition) is 0. The van der Waals surface area contributed by atoms with Crippen molar-refractivity contribution in [2.45, 2.75) is 13.1 Å². The minimum atomic E-state index is 0.698. The Hall–Kier alpha value is -1.32. The van der Waals surface area contributed by atoms with E-state index in [4.69, 9.17) is 0 Å². The molecule has 0 fully saturated rings. The topological polar surface area (TPSA) is 38.1 Å². The van der Waals surface area contributed by atoms with Crippen LogP contribution in [0.3, 0.4) is 0 Å². The van der Waals surface area contributed by atoms with Crippen molar-refractivity contribution in [2.24, 2.45) is 0 Å². The smallest absolute Gasteiger partial charge is 0.210 e. The van der Waals surface area contributed by atoms with Gasteiger partial charge in [0.2, 0.25) is 6.41 Å². The largest absolute Gasteiger partial charge is 0.338 e. The lowest BCUT2D eigenvalue weighted by atomic mass is 10.3. The molecule has 0 unspecified atom stereocenters. The Morgan fingerprint density at radius 1 is 1.55 bits per heavy atom. The lowest BCUT2D eigenvalue weighted by Crippen LogP contribution is -2.31. The van der Waals surface area contributed by atoms with Gasteiger partial charge in [-0.05, 0) is 0 Å². The highest BCUT2D eigenvalue weighted by Crippen LogP contribution is 2.08. The molecule has 0 saturated heterocycles. The lowest BCUT2D eigenvalue weighted by Gasteiger charge is -2.23. The number of fused-ring (bicyclic) bond motifs is 1. The molecule has 1 aromatic rings. The van der Waals surface area contributed by atoms with Crippen molar-refractivity contribution >= 4 is 6.41 Å². The van der Waals surface area contributed by atoms with Gasteiger partial charge in [0.05, 0.1) is 18.6 Å². The summed E-state index contributed by atoms with van der Waals surface area (Å²) in [6, 6.07) is 0. The first-order valence-electron chi connectivity index (χ1n) is 3.58. The van der Waals surface area contributed by atoms with Gasteiger partial charge in [-0.3, -0.25) is 4.79 Å². The standard InChI is InChI=1S/C7H9N3O/c11-6-9-1-2-10-5-8-3-7(10)4-9/h3,5-6H,1-2,4H2. The molecule has 1 amide bonds. The summed E-state index contributed by atoms with van der Waals surface area (Å²) >= 11 is 0. The van der Waals surface area contributed by atoms with Crippen LogP contribution in [0.1, 0.15) is 5.69 Å². The number of carbonyl (C=O) groups is 1. The molecule has 0 radical (unpaired) electrons. The molecular formula is C7H9N3O. The number of imidazole rings is 1. The van der Waals surface area contributed by atoms with E-state index in [0.29, 0.717) is 6.54 Å². The second-order valence-electron chi connectivity index (χ2n) is 2.65. The molecule has 0 aliphatic carbocycles. The zero-order chi connectivity index (χ0) is 7.68. The van der Waals surface area contributed by atoms with Gasteiger partial charge in [0.15, 0.2) is 0 Å². The Morgan fingerprint density at radius 2 is 2.45 bits per heavy atom. The van der Waals surface area contributed by atoms with Crippen LogP contribution in [0.2, 0.25) is 0 Å². The van der Waals surface area contributed by atoms with Crippen LogP contribution < -0.4 is 0 Å². The van der Waals surface area contributed by atoms with E-state index in [9.17, 15) is 4.79 Å². The van der Waals surface area contributed by atoms with E-state index >= 15 is 0 Å². The molecule has 1 aliphatic rings. The monoisotopic (exact) mass is 151 g/mol. The molecule has 0 atom stereocenters. The Labute approximate surface area is 64.4 Å². The lowest BCUT2D eigenvalue weighted by molar-refractivity contribution is -0.119. The molecule has 0 spiro atoms. The van der Waals surface area contributed by atoms with Crippen LogP contribution in [0, 0.1) is 0 Å². The van der Waals surface area contributed by atoms with Crippen LogP contribution in [0.25, 0.3) is 0 Å². The number of aromatic nitrogens is 2. The van der Waals surface area contributed by atoms with Crippen LogP contribution >= 0.6 is 0 Å². The van der Waals surface area contributed by atoms with Crippen LogP contribution in [0.5, 0.6) is 0 Å². The summed E-state index contributed by atoms with van der Waals surface area (Å²) in [5, 5.41) is 0. The average Bonchev–Trinajstić information content (AvgIpc) is 2.50. The highest BCUT2D eigenvalue weighted by Gasteiger charge is 2.12. The van der Waals surface area contributed by atoms with Crippen molar-refractivity contribution in [3.05, 3.63) is 18.2 Å². The van der Waals surface area contributed by atoms with Crippen molar-refractivity contribution in [1.29, 1.82) is 0 Å². The normalized spacial score (nSPS) is 16.2. The molecule has 2 rings (SSSR count). The number of rotatable bonds is 1. The summed E-state index contributed by atoms with van der Waals surface area (Å²) in [7, 11) is 0. The van der Waals surface area contributed by atoms with Crippen LogP contribution in [0.15, 0.2) is 12.5 Å². The molecule has 1 aliphatic heterocycles. The third-order valence-electron chi connectivity index (χ3n) is 1.94. The van der Waals surface area contributed by atoms with Gasteiger partial charge in [-0.2, -0.15) is 0 Å². The molecule has 1 aromatic heterocycles. The minimum absolute atomic E-state index is 0.698. The second kappa shape index (κ2) is 2.38. The number of amides is 1. The first-order chi connectivity index (χ1) is 5.40. The molecule has 0 aromatic carbocycles. The summed E-state index contributed by atoms with van der Waals surface area (Å²) in [5.74, 6) is 0. The SMILES string of the molecule is O=CN1CCn2cncc2C1. The van der Waals surface area contributed by atoms with Gasteiger partial charge in [0, 0.05) is 19.3 Å². The maximum atomic E-state index is 10.4. The van der Waals surface area contributed by atoms with Gasteiger partial charge < -0.3 is 9.47 Å². The molecule has 0 bridgehead atoms. The van der Waals surface area contributed by atoms with Gasteiger partial charge in [-0.15, -0.1) is 0 Å². The highest BCUT2D eigenvalue weighted by atomic mass is 16.1. The van der Waals surface area contributed by atoms with Crippen molar-refractivity contribution in [3.8, 4) is 0 Å². The van der Waals surface area contributed by atoms with E-state index in [1.54, 1.807) is 17.4 Å². The summed E-state index contributed by atoms with van der Waals surface area (Å²) in [6.45, 7) is 2.37. The van der Waals surface area contributed by atoms with E-state index in [1.807, 2.05) is 0 Å². The Kier molecular flexibility index (Phi) is 1.38. The van der Waals surface area contributed by atoms with Gasteiger partial charge in [-0.25, -0.2) is 4.98 Å². The fourth-order valence-electron chi connectivity index (χ4n) is 1.29. The van der Waals surface area contributed by atoms with Gasteiger partial charge >= 0.3 is 0 Å². The fraction of sp³-hybridized carbons (Fsp3) is 0.429. The number of nitrogens with zero attached hydrogens (tertiary/aromatic N) is 3. The van der Waals surface area contributed by atoms with E-state index < -0.39 is 0 Å².